The molecule has 1 aromatic carbocycles. The Kier molecular flexibility index (Phi) is 7.30. The minimum Gasteiger partial charge on any atom is -0.457 e. The van der Waals surface area contributed by atoms with E-state index in [0.717, 1.165) is 54.2 Å². The topological polar surface area (TPSA) is 62.9 Å². The number of furan rings is 1. The fourth-order valence-corrected chi connectivity index (χ4v) is 4.24. The van der Waals surface area contributed by atoms with Crippen molar-refractivity contribution in [3.05, 3.63) is 42.2 Å². The molecule has 1 aliphatic heterocycles. The van der Waals surface area contributed by atoms with Crippen LogP contribution >= 0.6 is 35.3 Å². The molecular formula is C20H25IN4O2S. The number of halogens is 1. The Morgan fingerprint density at radius 3 is 2.93 bits per heavy atom. The minimum absolute atomic E-state index is 0. The molecule has 150 valence electrons. The minimum atomic E-state index is 0. The summed E-state index contributed by atoms with van der Waals surface area (Å²) in [6.07, 6.45) is 1.12. The molecule has 0 amide bonds. The maximum absolute atomic E-state index is 6.00. The molecule has 1 atom stereocenters. The van der Waals surface area contributed by atoms with Gasteiger partial charge in [0.15, 0.2) is 16.7 Å². The molecule has 1 N–H and O–H groups in total. The Hall–Kier alpha value is -1.65. The molecule has 1 saturated heterocycles. The summed E-state index contributed by atoms with van der Waals surface area (Å²) < 4.78 is 12.6. The van der Waals surface area contributed by atoms with Crippen LogP contribution in [-0.4, -0.2) is 49.7 Å². The number of nitrogens with zero attached hydrogens (tertiary/aromatic N) is 3. The van der Waals surface area contributed by atoms with Gasteiger partial charge in [0.05, 0.1) is 23.4 Å². The number of aromatic nitrogens is 1. The summed E-state index contributed by atoms with van der Waals surface area (Å²) in [5, 5.41) is 4.28. The van der Waals surface area contributed by atoms with Crippen LogP contribution in [0.15, 0.2) is 45.8 Å². The smallest absolute Gasteiger partial charge is 0.193 e. The quantitative estimate of drug-likeness (QED) is 0.315. The normalized spacial score (nSPS) is 16.9. The number of thiazole rings is 1. The highest BCUT2D eigenvalue weighted by Crippen LogP contribution is 2.31. The van der Waals surface area contributed by atoms with Crippen molar-refractivity contribution in [1.29, 1.82) is 0 Å². The van der Waals surface area contributed by atoms with Gasteiger partial charge in [-0.3, -0.25) is 4.99 Å². The molecule has 1 aliphatic rings. The van der Waals surface area contributed by atoms with E-state index in [1.54, 1.807) is 18.4 Å². The predicted octanol–water partition coefficient (Wildman–Crippen LogP) is 4.22. The van der Waals surface area contributed by atoms with E-state index in [0.29, 0.717) is 12.5 Å². The summed E-state index contributed by atoms with van der Waals surface area (Å²) >= 11 is 1.65. The first kappa shape index (κ1) is 21.1. The molecule has 6 nitrogen and oxygen atoms in total. The molecule has 0 bridgehead atoms. The van der Waals surface area contributed by atoms with Gasteiger partial charge in [-0.15, -0.1) is 35.3 Å². The summed E-state index contributed by atoms with van der Waals surface area (Å²) in [6, 6.07) is 12.1. The molecule has 3 aromatic rings. The largest absolute Gasteiger partial charge is 0.457 e. The summed E-state index contributed by atoms with van der Waals surface area (Å²) in [5.41, 5.74) is 1.01. The second kappa shape index (κ2) is 9.71. The van der Waals surface area contributed by atoms with Gasteiger partial charge in [-0.05, 0) is 30.7 Å². The number of rotatable bonds is 5. The van der Waals surface area contributed by atoms with Crippen molar-refractivity contribution in [2.75, 3.05) is 33.9 Å². The van der Waals surface area contributed by atoms with Crippen molar-refractivity contribution in [2.45, 2.75) is 13.0 Å². The van der Waals surface area contributed by atoms with Gasteiger partial charge in [-0.1, -0.05) is 12.1 Å². The number of hydrogen-bond donors (Lipinski definition) is 1. The number of para-hydroxylation sites is 1. The standard InChI is InChI=1S/C20H24N4O2S.HI/c1-21-20(24(2)12-14-9-10-25-13-14)22-11-15-7-8-17(26-15)19-23-16-5-3-4-6-18(16)27-19;/h3-8,14H,9-13H2,1-2H3,(H,21,22);1H. The maximum atomic E-state index is 6.00. The zero-order valence-electron chi connectivity index (χ0n) is 16.1. The van der Waals surface area contributed by atoms with Crippen LogP contribution in [0, 0.1) is 5.92 Å². The Balaban J connectivity index is 0.00000225. The molecule has 3 heterocycles. The summed E-state index contributed by atoms with van der Waals surface area (Å²) in [5.74, 6) is 3.10. The van der Waals surface area contributed by atoms with E-state index < -0.39 is 0 Å². The number of hydrogen-bond acceptors (Lipinski definition) is 5. The van der Waals surface area contributed by atoms with E-state index in [2.05, 4.69) is 33.3 Å². The van der Waals surface area contributed by atoms with Crippen LogP contribution in [0.25, 0.3) is 21.0 Å². The lowest BCUT2D eigenvalue weighted by Gasteiger charge is -2.24. The van der Waals surface area contributed by atoms with E-state index in [1.807, 2.05) is 30.3 Å². The van der Waals surface area contributed by atoms with Crippen molar-refractivity contribution in [3.8, 4) is 10.8 Å². The third-order valence-corrected chi connectivity index (χ3v) is 5.77. The lowest BCUT2D eigenvalue weighted by molar-refractivity contribution is 0.181. The molecule has 0 aliphatic carbocycles. The Labute approximate surface area is 186 Å². The van der Waals surface area contributed by atoms with Crippen molar-refractivity contribution < 1.29 is 9.15 Å². The Morgan fingerprint density at radius 2 is 2.18 bits per heavy atom. The average molecular weight is 512 g/mol. The van der Waals surface area contributed by atoms with E-state index in [1.165, 1.54) is 4.70 Å². The fraction of sp³-hybridized carbons (Fsp3) is 0.400. The van der Waals surface area contributed by atoms with Gasteiger partial charge in [0.1, 0.15) is 5.76 Å². The monoisotopic (exact) mass is 512 g/mol. The zero-order valence-corrected chi connectivity index (χ0v) is 19.2. The van der Waals surface area contributed by atoms with E-state index in [9.17, 15) is 0 Å². The number of ether oxygens (including phenoxy) is 1. The molecule has 2 aromatic heterocycles. The molecule has 4 rings (SSSR count). The molecule has 1 fully saturated rings. The van der Waals surface area contributed by atoms with Crippen LogP contribution in [0.5, 0.6) is 0 Å². The molecule has 0 saturated carbocycles. The fourth-order valence-electron chi connectivity index (χ4n) is 3.32. The van der Waals surface area contributed by atoms with Gasteiger partial charge < -0.3 is 19.4 Å². The second-order valence-electron chi connectivity index (χ2n) is 6.76. The molecule has 8 heteroatoms. The second-order valence-corrected chi connectivity index (χ2v) is 7.79. The number of fused-ring (bicyclic) bond motifs is 1. The van der Waals surface area contributed by atoms with Crippen molar-refractivity contribution in [1.82, 2.24) is 15.2 Å². The number of aliphatic imine (C=N–C) groups is 1. The highest BCUT2D eigenvalue weighted by molar-refractivity contribution is 14.0. The molecular weight excluding hydrogens is 487 g/mol. The predicted molar refractivity (Wildman–Crippen MR) is 124 cm³/mol. The van der Waals surface area contributed by atoms with Crippen LogP contribution in [0.1, 0.15) is 12.2 Å². The third-order valence-electron chi connectivity index (χ3n) is 4.72. The average Bonchev–Trinajstić information content (AvgIpc) is 3.42. The summed E-state index contributed by atoms with van der Waals surface area (Å²) in [7, 11) is 3.86. The number of benzene rings is 1. The molecule has 0 radical (unpaired) electrons. The SMILES string of the molecule is CN=C(NCc1ccc(-c2nc3ccccc3s2)o1)N(C)CC1CCOC1.I. The van der Waals surface area contributed by atoms with Crippen LogP contribution in [0.3, 0.4) is 0 Å². The maximum Gasteiger partial charge on any atom is 0.193 e. The third kappa shape index (κ3) is 4.84. The van der Waals surface area contributed by atoms with Crippen molar-refractivity contribution in [3.63, 3.8) is 0 Å². The molecule has 28 heavy (non-hydrogen) atoms. The van der Waals surface area contributed by atoms with Crippen LogP contribution in [0.2, 0.25) is 0 Å². The van der Waals surface area contributed by atoms with Crippen LogP contribution in [0.4, 0.5) is 0 Å². The van der Waals surface area contributed by atoms with Crippen molar-refractivity contribution in [2.24, 2.45) is 10.9 Å². The Bertz CT molecular complexity index is 900. The lowest BCUT2D eigenvalue weighted by atomic mass is 10.1. The number of guanidine groups is 1. The van der Waals surface area contributed by atoms with E-state index in [-0.39, 0.29) is 24.0 Å². The van der Waals surface area contributed by atoms with E-state index >= 15 is 0 Å². The first-order valence-corrected chi connectivity index (χ1v) is 9.99. The van der Waals surface area contributed by atoms with Crippen LogP contribution in [-0.2, 0) is 11.3 Å². The summed E-state index contributed by atoms with van der Waals surface area (Å²) in [6.45, 7) is 3.23. The zero-order chi connectivity index (χ0) is 18.6. The first-order chi connectivity index (χ1) is 13.2. The lowest BCUT2D eigenvalue weighted by Crippen LogP contribution is -2.41. The summed E-state index contributed by atoms with van der Waals surface area (Å²) in [4.78, 5) is 11.2. The molecule has 1 unspecified atom stereocenters. The van der Waals surface area contributed by atoms with Gasteiger partial charge >= 0.3 is 0 Å². The van der Waals surface area contributed by atoms with Gasteiger partial charge in [0.2, 0.25) is 0 Å². The van der Waals surface area contributed by atoms with Crippen molar-refractivity contribution >= 4 is 51.5 Å². The van der Waals surface area contributed by atoms with Gasteiger partial charge in [0, 0.05) is 33.2 Å². The van der Waals surface area contributed by atoms with Gasteiger partial charge in [-0.25, -0.2) is 4.98 Å². The van der Waals surface area contributed by atoms with Crippen LogP contribution < -0.4 is 5.32 Å². The number of nitrogens with one attached hydrogen (secondary N) is 1. The Morgan fingerprint density at radius 1 is 1.32 bits per heavy atom. The first-order valence-electron chi connectivity index (χ1n) is 9.17. The van der Waals surface area contributed by atoms with Gasteiger partial charge in [0.25, 0.3) is 0 Å². The highest BCUT2D eigenvalue weighted by atomic mass is 127. The highest BCUT2D eigenvalue weighted by Gasteiger charge is 2.19. The molecule has 0 spiro atoms. The van der Waals surface area contributed by atoms with Gasteiger partial charge in [-0.2, -0.15) is 0 Å². The van der Waals surface area contributed by atoms with E-state index in [4.69, 9.17) is 9.15 Å².